The number of fused-ring (bicyclic) bond motifs is 4. The molecule has 0 radical (unpaired) electrons. The van der Waals surface area contributed by atoms with Gasteiger partial charge in [0.05, 0.1) is 5.69 Å². The number of nitrogens with zero attached hydrogens (tertiary/aromatic N) is 1. The van der Waals surface area contributed by atoms with Crippen molar-refractivity contribution in [3.8, 4) is 0 Å². The van der Waals surface area contributed by atoms with Gasteiger partial charge in [0.1, 0.15) is 17.9 Å². The predicted molar refractivity (Wildman–Crippen MR) is 101 cm³/mol. The van der Waals surface area contributed by atoms with E-state index < -0.39 is 17.4 Å². The van der Waals surface area contributed by atoms with E-state index in [1.807, 2.05) is 43.4 Å². The van der Waals surface area contributed by atoms with Crippen LogP contribution in [0.4, 0.5) is 5.69 Å². The summed E-state index contributed by atoms with van der Waals surface area (Å²) in [4.78, 5) is 41.4. The smallest absolute Gasteiger partial charge is 0.291 e. The molecule has 3 N–H and O–H groups in total. The van der Waals surface area contributed by atoms with Gasteiger partial charge in [-0.2, -0.15) is 0 Å². The molecule has 0 unspecified atom stereocenters. The van der Waals surface area contributed by atoms with Crippen LogP contribution < -0.4 is 10.6 Å². The number of nitrogens with two attached hydrogens (primary N) is 1. The molecule has 6 heteroatoms. The second-order valence-corrected chi connectivity index (χ2v) is 8.64. The lowest BCUT2D eigenvalue weighted by Crippen LogP contribution is -2.99. The van der Waals surface area contributed by atoms with Crippen molar-refractivity contribution in [3.05, 3.63) is 29.8 Å². The van der Waals surface area contributed by atoms with Crippen LogP contribution in [0.25, 0.3) is 0 Å². The van der Waals surface area contributed by atoms with E-state index in [0.29, 0.717) is 12.3 Å². The average molecular weight is 370 g/mol. The first kappa shape index (κ1) is 18.2. The Kier molecular flexibility index (Phi) is 4.14. The molecule has 0 aliphatic carbocycles. The molecule has 1 aromatic rings. The number of rotatable bonds is 4. The van der Waals surface area contributed by atoms with Crippen molar-refractivity contribution in [2.75, 3.05) is 5.32 Å². The van der Waals surface area contributed by atoms with Gasteiger partial charge in [-0.25, -0.2) is 0 Å². The van der Waals surface area contributed by atoms with Crippen LogP contribution in [0.2, 0.25) is 0 Å². The fourth-order valence-electron chi connectivity index (χ4n) is 5.32. The number of nitrogens with one attached hydrogen (secondary N) is 1. The zero-order valence-electron chi connectivity index (χ0n) is 16.4. The van der Waals surface area contributed by atoms with Gasteiger partial charge in [-0.05, 0) is 25.3 Å². The first-order chi connectivity index (χ1) is 12.8. The molecule has 3 amide bonds. The molecule has 0 aromatic heterocycles. The summed E-state index contributed by atoms with van der Waals surface area (Å²) in [7, 11) is 0. The van der Waals surface area contributed by atoms with Crippen LogP contribution in [0.15, 0.2) is 24.3 Å². The van der Waals surface area contributed by atoms with E-state index in [-0.39, 0.29) is 29.8 Å². The molecule has 27 heavy (non-hydrogen) atoms. The van der Waals surface area contributed by atoms with Crippen molar-refractivity contribution >= 4 is 23.4 Å². The number of likely N-dealkylation sites (tertiary alicyclic amines) is 1. The van der Waals surface area contributed by atoms with E-state index in [1.165, 1.54) is 4.90 Å². The lowest BCUT2D eigenvalue weighted by Gasteiger charge is -2.28. The highest BCUT2D eigenvalue weighted by molar-refractivity contribution is 6.14. The Morgan fingerprint density at radius 2 is 1.85 bits per heavy atom. The maximum Gasteiger partial charge on any atom is 0.291 e. The summed E-state index contributed by atoms with van der Waals surface area (Å²) in [6.07, 6.45) is 1.51. The van der Waals surface area contributed by atoms with Crippen LogP contribution in [-0.4, -0.2) is 34.7 Å². The normalized spacial score (nSPS) is 33.0. The molecule has 1 aromatic carbocycles. The van der Waals surface area contributed by atoms with Gasteiger partial charge in [0, 0.05) is 18.0 Å². The van der Waals surface area contributed by atoms with Crippen molar-refractivity contribution in [2.24, 2.45) is 17.8 Å². The van der Waals surface area contributed by atoms with E-state index in [2.05, 4.69) is 19.2 Å². The third-order valence-corrected chi connectivity index (χ3v) is 6.59. The van der Waals surface area contributed by atoms with Crippen molar-refractivity contribution in [1.82, 2.24) is 4.90 Å². The Balaban J connectivity index is 1.87. The Morgan fingerprint density at radius 3 is 2.52 bits per heavy atom. The Bertz CT molecular complexity index is 821. The summed E-state index contributed by atoms with van der Waals surface area (Å²) in [5, 5.41) is 4.98. The van der Waals surface area contributed by atoms with E-state index >= 15 is 0 Å². The Morgan fingerprint density at radius 1 is 1.15 bits per heavy atom. The molecule has 2 fully saturated rings. The molecule has 5 atom stereocenters. The first-order valence-electron chi connectivity index (χ1n) is 9.96. The molecule has 4 rings (SSSR count). The van der Waals surface area contributed by atoms with Gasteiger partial charge in [-0.3, -0.25) is 19.3 Å². The summed E-state index contributed by atoms with van der Waals surface area (Å²) in [5.41, 5.74) is 0.559. The van der Waals surface area contributed by atoms with Crippen molar-refractivity contribution in [1.29, 1.82) is 0 Å². The van der Waals surface area contributed by atoms with E-state index in [0.717, 1.165) is 17.7 Å². The molecule has 144 valence electrons. The van der Waals surface area contributed by atoms with E-state index in [1.54, 1.807) is 0 Å². The number of para-hydroxylation sites is 1. The molecular formula is C21H28N3O3+. The molecule has 2 saturated heterocycles. The zero-order valence-corrected chi connectivity index (χ0v) is 16.4. The summed E-state index contributed by atoms with van der Waals surface area (Å²) in [6, 6.07) is 7.34. The molecule has 0 saturated carbocycles. The topological polar surface area (TPSA) is 83.1 Å². The highest BCUT2D eigenvalue weighted by Gasteiger charge is 2.74. The number of amides is 3. The third kappa shape index (κ3) is 2.32. The second kappa shape index (κ2) is 6.16. The second-order valence-electron chi connectivity index (χ2n) is 8.64. The van der Waals surface area contributed by atoms with Gasteiger partial charge < -0.3 is 10.6 Å². The molecule has 3 heterocycles. The maximum atomic E-state index is 13.5. The average Bonchev–Trinajstić information content (AvgIpc) is 3.19. The number of hydrogen-bond acceptors (Lipinski definition) is 3. The van der Waals surface area contributed by atoms with Gasteiger partial charge in [0.15, 0.2) is 0 Å². The van der Waals surface area contributed by atoms with Crippen molar-refractivity contribution < 1.29 is 19.7 Å². The Hall–Kier alpha value is -2.21. The quantitative estimate of drug-likeness (QED) is 0.782. The molecule has 6 nitrogen and oxygen atoms in total. The lowest BCUT2D eigenvalue weighted by molar-refractivity contribution is -0.734. The van der Waals surface area contributed by atoms with Crippen molar-refractivity contribution in [2.45, 2.75) is 58.2 Å². The number of benzene rings is 1. The number of imide groups is 1. The number of anilines is 1. The minimum Gasteiger partial charge on any atom is -0.326 e. The summed E-state index contributed by atoms with van der Waals surface area (Å²) in [6.45, 7) is 8.12. The molecule has 0 bridgehead atoms. The van der Waals surface area contributed by atoms with Gasteiger partial charge >= 0.3 is 0 Å². The third-order valence-electron chi connectivity index (χ3n) is 6.59. The van der Waals surface area contributed by atoms with E-state index in [9.17, 15) is 14.4 Å². The number of carbonyl (C=O) groups is 3. The molecule has 3 aliphatic rings. The van der Waals surface area contributed by atoms with Gasteiger partial charge in [0.25, 0.3) is 5.91 Å². The van der Waals surface area contributed by atoms with Crippen molar-refractivity contribution in [3.63, 3.8) is 0 Å². The zero-order chi connectivity index (χ0) is 19.5. The standard InChI is InChI=1S/C21H27N3O3/c1-5-12(4)24-18(25)16-15(10-11(2)3)23-21(17(16)19(24)26)13-8-6-7-9-14(13)22-20(21)27/h6-9,11-12,15-17,23H,5,10H2,1-4H3,(H,22,27)/p+1/t12-,15+,16+,17-,21+/m0/s1. The fourth-order valence-corrected chi connectivity index (χ4v) is 5.32. The van der Waals surface area contributed by atoms with Crippen LogP contribution in [0, 0.1) is 17.8 Å². The van der Waals surface area contributed by atoms with Crippen LogP contribution in [0.3, 0.4) is 0 Å². The summed E-state index contributed by atoms with van der Waals surface area (Å²) >= 11 is 0. The monoisotopic (exact) mass is 370 g/mol. The molecule has 3 aliphatic heterocycles. The van der Waals surface area contributed by atoms with Gasteiger partial charge in [-0.15, -0.1) is 0 Å². The minimum absolute atomic E-state index is 0.0718. The summed E-state index contributed by atoms with van der Waals surface area (Å²) in [5.74, 6) is -1.15. The SMILES string of the molecule is CC[C@H](C)N1C(=O)[C@H]2[C@@H](C1=O)[C@@]1([NH2+][C@@H]2CC(C)C)C(=O)Nc2ccccc21. The first-order valence-corrected chi connectivity index (χ1v) is 9.96. The minimum atomic E-state index is -1.03. The number of carbonyl (C=O) groups excluding carboxylic acids is 3. The van der Waals surface area contributed by atoms with Crippen LogP contribution in [0.5, 0.6) is 0 Å². The fraction of sp³-hybridized carbons (Fsp3) is 0.571. The summed E-state index contributed by atoms with van der Waals surface area (Å²) < 4.78 is 0. The lowest BCUT2D eigenvalue weighted by atomic mass is 9.76. The number of quaternary nitrogens is 1. The Labute approximate surface area is 159 Å². The molecule has 1 spiro atoms. The maximum absolute atomic E-state index is 13.5. The predicted octanol–water partition coefficient (Wildman–Crippen LogP) is 1.23. The van der Waals surface area contributed by atoms with Gasteiger partial charge in [0.2, 0.25) is 17.4 Å². The highest BCUT2D eigenvalue weighted by Crippen LogP contribution is 2.50. The van der Waals surface area contributed by atoms with Crippen LogP contribution in [-0.2, 0) is 19.9 Å². The largest absolute Gasteiger partial charge is 0.326 e. The van der Waals surface area contributed by atoms with Crippen LogP contribution >= 0.6 is 0 Å². The van der Waals surface area contributed by atoms with E-state index in [4.69, 9.17) is 0 Å². The highest BCUT2D eigenvalue weighted by atomic mass is 16.2. The van der Waals surface area contributed by atoms with Gasteiger partial charge in [-0.1, -0.05) is 39.0 Å². The molecular weight excluding hydrogens is 342 g/mol. The number of hydrogen-bond donors (Lipinski definition) is 2. The van der Waals surface area contributed by atoms with Crippen LogP contribution in [0.1, 0.15) is 46.1 Å².